The van der Waals surface area contributed by atoms with Gasteiger partial charge in [0.25, 0.3) is 0 Å². The van der Waals surface area contributed by atoms with Crippen molar-refractivity contribution >= 4 is 42.3 Å². The Kier molecular flexibility index (Phi) is 14.1. The predicted octanol–water partition coefficient (Wildman–Crippen LogP) is -2.74. The van der Waals surface area contributed by atoms with Gasteiger partial charge in [-0.1, -0.05) is 13.8 Å². The van der Waals surface area contributed by atoms with Crippen LogP contribution in [0.1, 0.15) is 40.0 Å². The summed E-state index contributed by atoms with van der Waals surface area (Å²) in [4.78, 5) is 52.8. The number of rotatable bonds is 15. The van der Waals surface area contributed by atoms with Crippen molar-refractivity contribution in [3.05, 3.63) is 0 Å². The lowest BCUT2D eigenvalue weighted by molar-refractivity contribution is -0.143. The highest BCUT2D eigenvalue weighted by Gasteiger charge is 2.32. The lowest BCUT2D eigenvalue weighted by atomic mass is 10.0. The molecule has 0 saturated carbocycles. The van der Waals surface area contributed by atoms with E-state index in [1.54, 1.807) is 0 Å². The number of thiol groups is 1. The Labute approximate surface area is 198 Å². The number of hydrogen-bond donors (Lipinski definition) is 9. The molecule has 0 heterocycles. The molecule has 5 atom stereocenters. The topological polar surface area (TPSA) is 235 Å². The van der Waals surface area contributed by atoms with Gasteiger partial charge in [0.1, 0.15) is 18.1 Å². The van der Waals surface area contributed by atoms with Gasteiger partial charge >= 0.3 is 5.97 Å². The summed E-state index contributed by atoms with van der Waals surface area (Å²) in [5, 5.41) is 26.6. The Morgan fingerprint density at radius 3 is 2.00 bits per heavy atom. The van der Waals surface area contributed by atoms with Gasteiger partial charge in [-0.05, 0) is 32.1 Å². The number of nitrogens with zero attached hydrogens (tertiary/aromatic N) is 1. The van der Waals surface area contributed by atoms with Gasteiger partial charge in [-0.15, -0.1) is 0 Å². The van der Waals surface area contributed by atoms with Crippen LogP contribution in [-0.2, 0) is 19.2 Å². The molecule has 5 unspecified atom stereocenters. The summed E-state index contributed by atoms with van der Waals surface area (Å²) >= 11 is 3.96. The quantitative estimate of drug-likeness (QED) is 0.0499. The number of nitrogens with one attached hydrogen (secondary N) is 3. The van der Waals surface area contributed by atoms with E-state index in [1.807, 2.05) is 13.8 Å². The van der Waals surface area contributed by atoms with E-state index in [2.05, 4.69) is 33.6 Å². The van der Waals surface area contributed by atoms with Crippen molar-refractivity contribution in [2.45, 2.75) is 70.3 Å². The number of carboxylic acid groups (broad SMARTS) is 1. The van der Waals surface area contributed by atoms with Crippen LogP contribution < -0.4 is 33.2 Å². The van der Waals surface area contributed by atoms with Gasteiger partial charge in [0.05, 0.1) is 12.1 Å². The summed E-state index contributed by atoms with van der Waals surface area (Å²) in [6.45, 7) is 5.11. The molecule has 0 saturated heterocycles. The van der Waals surface area contributed by atoms with Crippen LogP contribution in [0.3, 0.4) is 0 Å². The number of aliphatic carboxylic acids is 1. The molecule has 0 aromatic rings. The molecule has 0 rings (SSSR count). The largest absolute Gasteiger partial charge is 0.480 e. The van der Waals surface area contributed by atoms with E-state index in [4.69, 9.17) is 17.2 Å². The molecule has 0 spiro atoms. The van der Waals surface area contributed by atoms with Crippen LogP contribution in [0.15, 0.2) is 4.99 Å². The summed E-state index contributed by atoms with van der Waals surface area (Å²) in [5.41, 5.74) is 16.1. The number of carbonyl (C=O) groups excluding carboxylic acids is 3. The molecule has 190 valence electrons. The van der Waals surface area contributed by atoms with Gasteiger partial charge in [-0.3, -0.25) is 19.4 Å². The summed E-state index contributed by atoms with van der Waals surface area (Å²) in [6.07, 6.45) is -0.811. The SMILES string of the molecule is CC(C)CC(NC(=O)C(N)CS)C(=O)NC(C(=O)NC(CCCN=C(N)N)C(=O)O)C(C)O. The highest BCUT2D eigenvalue weighted by atomic mass is 32.1. The Hall–Kier alpha value is -2.58. The zero-order valence-electron chi connectivity index (χ0n) is 19.2. The highest BCUT2D eigenvalue weighted by molar-refractivity contribution is 7.80. The Morgan fingerprint density at radius 1 is 0.970 bits per heavy atom. The molecule has 0 aromatic carbocycles. The van der Waals surface area contributed by atoms with E-state index in [9.17, 15) is 29.4 Å². The van der Waals surface area contributed by atoms with Crippen molar-refractivity contribution in [1.29, 1.82) is 0 Å². The van der Waals surface area contributed by atoms with E-state index >= 15 is 0 Å². The molecule has 0 aliphatic rings. The van der Waals surface area contributed by atoms with Gasteiger partial charge in [0.2, 0.25) is 17.7 Å². The highest BCUT2D eigenvalue weighted by Crippen LogP contribution is 2.07. The maximum absolute atomic E-state index is 12.8. The summed E-state index contributed by atoms with van der Waals surface area (Å²) in [5.74, 6) is -3.56. The van der Waals surface area contributed by atoms with Crippen LogP contribution in [0.4, 0.5) is 0 Å². The number of guanidine groups is 1. The standard InChI is InChI=1S/C19H37N7O6S/c1-9(2)7-13(25-15(28)11(20)8-33)16(29)26-14(10(3)27)17(30)24-12(18(31)32)5-4-6-23-19(21)22/h9-14,27,33H,4-8,20H2,1-3H3,(H,24,30)(H,25,28)(H,26,29)(H,31,32)(H4,21,22,23). The fourth-order valence-corrected chi connectivity index (χ4v) is 2.91. The number of carboxylic acids is 1. The minimum absolute atomic E-state index is 0.00806. The fraction of sp³-hybridized carbons (Fsp3) is 0.737. The van der Waals surface area contributed by atoms with Crippen molar-refractivity contribution in [3.63, 3.8) is 0 Å². The molecule has 0 aromatic heterocycles. The minimum atomic E-state index is -1.46. The Morgan fingerprint density at radius 2 is 1.55 bits per heavy atom. The molecule has 0 radical (unpaired) electrons. The number of aliphatic hydroxyl groups is 1. The number of hydrogen-bond acceptors (Lipinski definition) is 8. The van der Waals surface area contributed by atoms with E-state index in [0.717, 1.165) is 0 Å². The van der Waals surface area contributed by atoms with E-state index in [0.29, 0.717) is 0 Å². The van der Waals surface area contributed by atoms with E-state index < -0.39 is 54.0 Å². The molecule has 14 heteroatoms. The molecule has 11 N–H and O–H groups in total. The van der Waals surface area contributed by atoms with Crippen molar-refractivity contribution in [3.8, 4) is 0 Å². The van der Waals surface area contributed by atoms with E-state index in [-0.39, 0.29) is 43.4 Å². The number of nitrogens with two attached hydrogens (primary N) is 3. The van der Waals surface area contributed by atoms with Crippen molar-refractivity contribution in [1.82, 2.24) is 16.0 Å². The van der Waals surface area contributed by atoms with Crippen molar-refractivity contribution in [2.75, 3.05) is 12.3 Å². The Bertz CT molecular complexity index is 700. The maximum atomic E-state index is 12.8. The second-order valence-corrected chi connectivity index (χ2v) is 8.42. The molecule has 0 bridgehead atoms. The zero-order chi connectivity index (χ0) is 25.7. The first-order valence-corrected chi connectivity index (χ1v) is 11.2. The molecule has 3 amide bonds. The van der Waals surface area contributed by atoms with E-state index in [1.165, 1.54) is 6.92 Å². The third kappa shape index (κ3) is 12.3. The first-order chi connectivity index (χ1) is 15.3. The minimum Gasteiger partial charge on any atom is -0.480 e. The summed E-state index contributed by atoms with van der Waals surface area (Å²) in [7, 11) is 0. The first-order valence-electron chi connectivity index (χ1n) is 10.5. The predicted molar refractivity (Wildman–Crippen MR) is 126 cm³/mol. The first kappa shape index (κ1) is 30.4. The normalized spacial score (nSPS) is 15.5. The number of amides is 3. The molecule has 0 fully saturated rings. The summed E-state index contributed by atoms with van der Waals surface area (Å²) in [6, 6.07) is -4.69. The lowest BCUT2D eigenvalue weighted by Gasteiger charge is -2.27. The Balaban J connectivity index is 5.32. The summed E-state index contributed by atoms with van der Waals surface area (Å²) < 4.78 is 0. The lowest BCUT2D eigenvalue weighted by Crippen LogP contribution is -2.60. The van der Waals surface area contributed by atoms with Crippen molar-refractivity contribution < 1.29 is 29.4 Å². The third-order valence-electron chi connectivity index (χ3n) is 4.50. The van der Waals surface area contributed by atoms with Gasteiger partial charge in [0.15, 0.2) is 5.96 Å². The zero-order valence-corrected chi connectivity index (χ0v) is 20.0. The number of aliphatic imine (C=N–C) groups is 1. The van der Waals surface area contributed by atoms with Crippen LogP contribution in [0, 0.1) is 5.92 Å². The van der Waals surface area contributed by atoms with Gasteiger partial charge in [-0.2, -0.15) is 12.6 Å². The van der Waals surface area contributed by atoms with Crippen LogP contribution in [0.2, 0.25) is 0 Å². The average Bonchev–Trinajstić information content (AvgIpc) is 2.71. The molecule has 33 heavy (non-hydrogen) atoms. The van der Waals surface area contributed by atoms with Gasteiger partial charge in [0, 0.05) is 12.3 Å². The third-order valence-corrected chi connectivity index (χ3v) is 4.89. The molecule has 0 aliphatic carbocycles. The van der Waals surface area contributed by atoms with Crippen LogP contribution >= 0.6 is 12.6 Å². The van der Waals surface area contributed by atoms with Gasteiger partial charge < -0.3 is 43.4 Å². The average molecular weight is 492 g/mol. The number of carbonyl (C=O) groups is 4. The monoisotopic (exact) mass is 491 g/mol. The second-order valence-electron chi connectivity index (χ2n) is 8.05. The maximum Gasteiger partial charge on any atom is 0.326 e. The second kappa shape index (κ2) is 15.3. The smallest absolute Gasteiger partial charge is 0.326 e. The molecular weight excluding hydrogens is 454 g/mol. The number of aliphatic hydroxyl groups excluding tert-OH is 1. The molecule has 13 nitrogen and oxygen atoms in total. The van der Waals surface area contributed by atoms with Crippen LogP contribution in [-0.4, -0.2) is 82.4 Å². The van der Waals surface area contributed by atoms with Crippen molar-refractivity contribution in [2.24, 2.45) is 28.1 Å². The van der Waals surface area contributed by atoms with Crippen LogP contribution in [0.25, 0.3) is 0 Å². The molecule has 0 aliphatic heterocycles. The molecular formula is C19H37N7O6S. The van der Waals surface area contributed by atoms with Crippen LogP contribution in [0.5, 0.6) is 0 Å². The van der Waals surface area contributed by atoms with Gasteiger partial charge in [-0.25, -0.2) is 4.79 Å². The fourth-order valence-electron chi connectivity index (χ4n) is 2.75.